The summed E-state index contributed by atoms with van der Waals surface area (Å²) in [5.74, 6) is 1.40. The van der Waals surface area contributed by atoms with E-state index in [9.17, 15) is 9.18 Å². The van der Waals surface area contributed by atoms with Crippen LogP contribution in [0.15, 0.2) is 78.9 Å². The van der Waals surface area contributed by atoms with Gasteiger partial charge in [-0.15, -0.1) is 0 Å². The topological polar surface area (TPSA) is 32.8 Å². The van der Waals surface area contributed by atoms with Crippen LogP contribution in [0.4, 0.5) is 4.39 Å². The molecule has 2 aliphatic rings. The minimum atomic E-state index is -0.182. The maximum atomic E-state index is 14.1. The number of carbonyl (C=O) groups excluding carboxylic acids is 1. The Morgan fingerprint density at radius 2 is 1.71 bits per heavy atom. The van der Waals surface area contributed by atoms with Gasteiger partial charge in [-0.1, -0.05) is 60.7 Å². The van der Waals surface area contributed by atoms with Gasteiger partial charge in [-0.3, -0.25) is 9.69 Å². The van der Waals surface area contributed by atoms with Crippen molar-refractivity contribution in [1.82, 2.24) is 9.80 Å². The number of fused-ring (bicyclic) bond motifs is 1. The SMILES string of the molecule is O=C1CC[C@@H]2CN(Cc3cccc(OCc4ccccc4)c3)CC[C@@H]2N1CCc1ccccc1F. The van der Waals surface area contributed by atoms with Crippen LogP contribution in [-0.4, -0.2) is 41.4 Å². The summed E-state index contributed by atoms with van der Waals surface area (Å²) in [5.41, 5.74) is 3.10. The van der Waals surface area contributed by atoms with E-state index in [2.05, 4.69) is 35.2 Å². The molecule has 2 aliphatic heterocycles. The van der Waals surface area contributed by atoms with Crippen molar-refractivity contribution in [2.24, 2.45) is 5.92 Å². The third-order valence-corrected chi connectivity index (χ3v) is 7.36. The van der Waals surface area contributed by atoms with Crippen LogP contribution in [0.3, 0.4) is 0 Å². The number of nitrogens with zero attached hydrogens (tertiary/aromatic N) is 2. The highest BCUT2D eigenvalue weighted by molar-refractivity contribution is 5.77. The zero-order valence-electron chi connectivity index (χ0n) is 20.1. The Bertz CT molecular complexity index is 1140. The van der Waals surface area contributed by atoms with E-state index >= 15 is 0 Å². The molecule has 182 valence electrons. The number of carbonyl (C=O) groups is 1. The molecule has 2 fully saturated rings. The standard InChI is InChI=1S/C30H33FN2O2/c31-28-12-5-4-10-25(28)15-18-33-29-16-17-32(21-26(29)13-14-30(33)34)20-24-9-6-11-27(19-24)35-22-23-7-2-1-3-8-23/h1-12,19,26,29H,13-18,20-22H2/t26-,29+/m1/s1. The third-order valence-electron chi connectivity index (χ3n) is 7.36. The quantitative estimate of drug-likeness (QED) is 0.436. The van der Waals surface area contributed by atoms with Crippen molar-refractivity contribution in [2.45, 2.75) is 44.9 Å². The van der Waals surface area contributed by atoms with Crippen LogP contribution in [-0.2, 0) is 24.4 Å². The summed E-state index contributed by atoms with van der Waals surface area (Å²) in [6, 6.07) is 25.7. The molecule has 0 N–H and O–H groups in total. The van der Waals surface area contributed by atoms with Gasteiger partial charge in [0.05, 0.1) is 0 Å². The lowest BCUT2D eigenvalue weighted by Crippen LogP contribution is -2.56. The van der Waals surface area contributed by atoms with E-state index < -0.39 is 0 Å². The lowest BCUT2D eigenvalue weighted by molar-refractivity contribution is -0.141. The molecular formula is C30H33FN2O2. The van der Waals surface area contributed by atoms with Crippen LogP contribution in [0.5, 0.6) is 5.75 Å². The minimum absolute atomic E-state index is 0.182. The molecular weight excluding hydrogens is 439 g/mol. The largest absolute Gasteiger partial charge is 0.489 e. The van der Waals surface area contributed by atoms with Crippen molar-refractivity contribution >= 4 is 5.91 Å². The van der Waals surface area contributed by atoms with Gasteiger partial charge in [0.2, 0.25) is 5.91 Å². The van der Waals surface area contributed by atoms with Gasteiger partial charge in [0, 0.05) is 38.6 Å². The summed E-state index contributed by atoms with van der Waals surface area (Å²) in [6.07, 6.45) is 3.07. The average molecular weight is 473 g/mol. The lowest BCUT2D eigenvalue weighted by Gasteiger charge is -2.47. The van der Waals surface area contributed by atoms with E-state index in [4.69, 9.17) is 4.74 Å². The normalized spacial score (nSPS) is 20.5. The van der Waals surface area contributed by atoms with E-state index in [0.717, 1.165) is 43.8 Å². The molecule has 0 radical (unpaired) electrons. The second kappa shape index (κ2) is 11.0. The Balaban J connectivity index is 1.17. The van der Waals surface area contributed by atoms with Crippen molar-refractivity contribution in [3.63, 3.8) is 0 Å². The number of amides is 1. The first-order valence-corrected chi connectivity index (χ1v) is 12.7. The highest BCUT2D eigenvalue weighted by Gasteiger charge is 2.39. The molecule has 35 heavy (non-hydrogen) atoms. The first-order chi connectivity index (χ1) is 17.2. The second-order valence-electron chi connectivity index (χ2n) is 9.74. The summed E-state index contributed by atoms with van der Waals surface area (Å²) in [7, 11) is 0. The number of likely N-dealkylation sites (tertiary alicyclic amines) is 2. The van der Waals surface area contributed by atoms with Gasteiger partial charge in [0.15, 0.2) is 0 Å². The van der Waals surface area contributed by atoms with Crippen LogP contribution in [0, 0.1) is 11.7 Å². The Labute approximate surface area is 207 Å². The molecule has 2 heterocycles. The Morgan fingerprint density at radius 3 is 2.57 bits per heavy atom. The van der Waals surface area contributed by atoms with Crippen LogP contribution in [0.1, 0.15) is 36.0 Å². The van der Waals surface area contributed by atoms with Gasteiger partial charge >= 0.3 is 0 Å². The molecule has 0 spiro atoms. The van der Waals surface area contributed by atoms with Gasteiger partial charge in [0.1, 0.15) is 18.2 Å². The van der Waals surface area contributed by atoms with Crippen molar-refractivity contribution in [3.8, 4) is 5.75 Å². The molecule has 2 atom stereocenters. The number of ether oxygens (including phenoxy) is 1. The fourth-order valence-electron chi connectivity index (χ4n) is 5.54. The Kier molecular flexibility index (Phi) is 7.43. The number of halogens is 1. The van der Waals surface area contributed by atoms with Crippen molar-refractivity contribution in [3.05, 3.63) is 101 Å². The number of rotatable bonds is 8. The number of piperidine rings is 2. The molecule has 0 aromatic heterocycles. The van der Waals surface area contributed by atoms with E-state index in [1.807, 2.05) is 41.3 Å². The smallest absolute Gasteiger partial charge is 0.222 e. The summed E-state index contributed by atoms with van der Waals surface area (Å²) in [5, 5.41) is 0. The van der Waals surface area contributed by atoms with E-state index in [-0.39, 0.29) is 17.8 Å². The van der Waals surface area contributed by atoms with Gasteiger partial charge in [-0.25, -0.2) is 4.39 Å². The fourth-order valence-corrected chi connectivity index (χ4v) is 5.54. The highest BCUT2D eigenvalue weighted by atomic mass is 19.1. The van der Waals surface area contributed by atoms with Crippen LogP contribution < -0.4 is 4.74 Å². The van der Waals surface area contributed by atoms with Crippen LogP contribution >= 0.6 is 0 Å². The number of hydrogen-bond donors (Lipinski definition) is 0. The predicted octanol–water partition coefficient (Wildman–Crippen LogP) is 5.46. The monoisotopic (exact) mass is 472 g/mol. The molecule has 0 saturated carbocycles. The predicted molar refractivity (Wildman–Crippen MR) is 135 cm³/mol. The Morgan fingerprint density at radius 1 is 0.914 bits per heavy atom. The van der Waals surface area contributed by atoms with Crippen LogP contribution in [0.2, 0.25) is 0 Å². The van der Waals surface area contributed by atoms with Crippen molar-refractivity contribution in [1.29, 1.82) is 0 Å². The van der Waals surface area contributed by atoms with E-state index in [1.165, 1.54) is 11.6 Å². The molecule has 0 unspecified atom stereocenters. The maximum Gasteiger partial charge on any atom is 0.222 e. The third kappa shape index (κ3) is 5.91. The number of hydrogen-bond acceptors (Lipinski definition) is 3. The molecule has 0 aliphatic carbocycles. The zero-order valence-corrected chi connectivity index (χ0v) is 20.1. The second-order valence-corrected chi connectivity index (χ2v) is 9.74. The summed E-state index contributed by atoms with van der Waals surface area (Å²) in [6.45, 7) is 3.99. The van der Waals surface area contributed by atoms with Gasteiger partial charge in [-0.05, 0) is 60.1 Å². The van der Waals surface area contributed by atoms with Crippen molar-refractivity contribution < 1.29 is 13.9 Å². The summed E-state index contributed by atoms with van der Waals surface area (Å²) < 4.78 is 20.1. The number of benzene rings is 3. The van der Waals surface area contributed by atoms with Gasteiger partial charge < -0.3 is 9.64 Å². The maximum absolute atomic E-state index is 14.1. The average Bonchev–Trinajstić information content (AvgIpc) is 2.89. The Hall–Kier alpha value is -3.18. The van der Waals surface area contributed by atoms with Crippen molar-refractivity contribution in [2.75, 3.05) is 19.6 Å². The molecule has 5 rings (SSSR count). The highest BCUT2D eigenvalue weighted by Crippen LogP contribution is 2.32. The molecule has 2 saturated heterocycles. The fraction of sp³-hybridized carbons (Fsp3) is 0.367. The lowest BCUT2D eigenvalue weighted by atomic mass is 9.83. The molecule has 0 bridgehead atoms. The molecule has 3 aromatic rings. The molecule has 4 nitrogen and oxygen atoms in total. The first-order valence-electron chi connectivity index (χ1n) is 12.7. The summed E-state index contributed by atoms with van der Waals surface area (Å²) in [4.78, 5) is 17.3. The zero-order chi connectivity index (χ0) is 24.0. The molecule has 3 aromatic carbocycles. The first kappa shape index (κ1) is 23.6. The van der Waals surface area contributed by atoms with E-state index in [0.29, 0.717) is 37.5 Å². The summed E-state index contributed by atoms with van der Waals surface area (Å²) >= 11 is 0. The molecule has 1 amide bonds. The van der Waals surface area contributed by atoms with E-state index in [1.54, 1.807) is 6.07 Å². The van der Waals surface area contributed by atoms with Gasteiger partial charge in [-0.2, -0.15) is 0 Å². The van der Waals surface area contributed by atoms with Gasteiger partial charge in [0.25, 0.3) is 0 Å². The minimum Gasteiger partial charge on any atom is -0.489 e. The van der Waals surface area contributed by atoms with Crippen LogP contribution in [0.25, 0.3) is 0 Å². The molecule has 5 heteroatoms.